The highest BCUT2D eigenvalue weighted by molar-refractivity contribution is 5.91. The minimum atomic E-state index is -0.323. The van der Waals surface area contributed by atoms with Crippen LogP contribution in [0.15, 0.2) is 42.5 Å². The number of carbonyl (C=O) groups is 1. The van der Waals surface area contributed by atoms with Gasteiger partial charge in [-0.05, 0) is 29.3 Å². The van der Waals surface area contributed by atoms with Gasteiger partial charge in [0, 0.05) is 5.56 Å². The zero-order chi connectivity index (χ0) is 12.5. The van der Waals surface area contributed by atoms with Gasteiger partial charge in [0.1, 0.15) is 12.4 Å². The molecule has 3 rings (SSSR count). The molecular weight excluding hydrogens is 228 g/mol. The summed E-state index contributed by atoms with van der Waals surface area (Å²) in [5.41, 5.74) is 3.75. The van der Waals surface area contributed by atoms with Crippen LogP contribution in [0.5, 0.6) is 5.75 Å². The van der Waals surface area contributed by atoms with E-state index in [1.165, 1.54) is 7.11 Å². The van der Waals surface area contributed by atoms with E-state index >= 15 is 0 Å². The first-order valence-electron chi connectivity index (χ1n) is 5.73. The second-order valence-electron chi connectivity index (χ2n) is 4.15. The monoisotopic (exact) mass is 240 g/mol. The predicted molar refractivity (Wildman–Crippen MR) is 67.5 cm³/mol. The lowest BCUT2D eigenvalue weighted by Crippen LogP contribution is -2.08. The number of fused-ring (bicyclic) bond motifs is 3. The Balaban J connectivity index is 2.11. The van der Waals surface area contributed by atoms with Crippen LogP contribution >= 0.6 is 0 Å². The van der Waals surface area contributed by atoms with Crippen LogP contribution in [0.25, 0.3) is 11.1 Å². The highest BCUT2D eigenvalue weighted by Gasteiger charge is 2.18. The van der Waals surface area contributed by atoms with E-state index in [9.17, 15) is 4.79 Å². The van der Waals surface area contributed by atoms with Crippen molar-refractivity contribution in [3.05, 3.63) is 53.6 Å². The lowest BCUT2D eigenvalue weighted by Gasteiger charge is -2.20. The number of hydrogen-bond donors (Lipinski definition) is 0. The minimum absolute atomic E-state index is 0.323. The molecule has 0 fully saturated rings. The lowest BCUT2D eigenvalue weighted by atomic mass is 9.95. The van der Waals surface area contributed by atoms with Crippen molar-refractivity contribution in [2.75, 3.05) is 7.11 Å². The smallest absolute Gasteiger partial charge is 0.337 e. The Morgan fingerprint density at radius 2 is 2.00 bits per heavy atom. The highest BCUT2D eigenvalue weighted by Crippen LogP contribution is 2.37. The third-order valence-electron chi connectivity index (χ3n) is 3.09. The molecule has 0 amide bonds. The van der Waals surface area contributed by atoms with Crippen LogP contribution in [0.2, 0.25) is 0 Å². The van der Waals surface area contributed by atoms with Gasteiger partial charge >= 0.3 is 5.97 Å². The maximum atomic E-state index is 11.5. The summed E-state index contributed by atoms with van der Waals surface area (Å²) in [5.74, 6) is 0.562. The molecular formula is C15H12O3. The van der Waals surface area contributed by atoms with Gasteiger partial charge in [0.15, 0.2) is 0 Å². The zero-order valence-electron chi connectivity index (χ0n) is 9.97. The summed E-state index contributed by atoms with van der Waals surface area (Å²) in [6.45, 7) is 0.483. The summed E-state index contributed by atoms with van der Waals surface area (Å²) in [6.07, 6.45) is 0. The van der Waals surface area contributed by atoms with E-state index in [-0.39, 0.29) is 5.97 Å². The molecule has 90 valence electrons. The van der Waals surface area contributed by atoms with Crippen molar-refractivity contribution in [3.8, 4) is 16.9 Å². The fraction of sp³-hybridized carbons (Fsp3) is 0.133. The third-order valence-corrected chi connectivity index (χ3v) is 3.09. The number of rotatable bonds is 1. The molecule has 0 aliphatic carbocycles. The van der Waals surface area contributed by atoms with Gasteiger partial charge in [-0.3, -0.25) is 0 Å². The van der Waals surface area contributed by atoms with Gasteiger partial charge in [-0.15, -0.1) is 0 Å². The molecule has 3 heteroatoms. The Hall–Kier alpha value is -2.29. The van der Waals surface area contributed by atoms with Gasteiger partial charge in [0.05, 0.1) is 12.7 Å². The molecule has 18 heavy (non-hydrogen) atoms. The number of esters is 1. The minimum Gasteiger partial charge on any atom is -0.488 e. The summed E-state index contributed by atoms with van der Waals surface area (Å²) < 4.78 is 10.4. The van der Waals surface area contributed by atoms with E-state index in [2.05, 4.69) is 0 Å². The van der Waals surface area contributed by atoms with E-state index in [1.807, 2.05) is 36.4 Å². The van der Waals surface area contributed by atoms with E-state index in [0.29, 0.717) is 12.2 Å². The average Bonchev–Trinajstić information content (AvgIpc) is 2.45. The van der Waals surface area contributed by atoms with Crippen molar-refractivity contribution in [3.63, 3.8) is 0 Å². The van der Waals surface area contributed by atoms with Crippen LogP contribution in [-0.2, 0) is 11.3 Å². The molecule has 0 unspecified atom stereocenters. The molecule has 1 heterocycles. The summed E-state index contributed by atoms with van der Waals surface area (Å²) in [7, 11) is 1.38. The zero-order valence-corrected chi connectivity index (χ0v) is 9.97. The van der Waals surface area contributed by atoms with Crippen molar-refractivity contribution in [2.45, 2.75) is 6.61 Å². The lowest BCUT2D eigenvalue weighted by molar-refractivity contribution is 0.0600. The Bertz CT molecular complexity index is 617. The number of methoxy groups -OCH3 is 1. The van der Waals surface area contributed by atoms with Crippen LogP contribution in [-0.4, -0.2) is 13.1 Å². The first-order chi connectivity index (χ1) is 8.79. The van der Waals surface area contributed by atoms with E-state index in [1.54, 1.807) is 6.07 Å². The molecule has 0 radical (unpaired) electrons. The van der Waals surface area contributed by atoms with Gasteiger partial charge in [-0.2, -0.15) is 0 Å². The predicted octanol–water partition coefficient (Wildman–Crippen LogP) is 3.03. The fourth-order valence-corrected chi connectivity index (χ4v) is 2.19. The Labute approximate surface area is 105 Å². The molecule has 0 N–H and O–H groups in total. The van der Waals surface area contributed by atoms with Crippen LogP contribution in [0.3, 0.4) is 0 Å². The summed E-state index contributed by atoms with van der Waals surface area (Å²) in [4.78, 5) is 11.5. The second-order valence-corrected chi connectivity index (χ2v) is 4.15. The van der Waals surface area contributed by atoms with Gasteiger partial charge in [-0.25, -0.2) is 4.79 Å². The Kier molecular flexibility index (Phi) is 2.52. The van der Waals surface area contributed by atoms with Gasteiger partial charge in [-0.1, -0.05) is 24.3 Å². The molecule has 0 atom stereocenters. The molecule has 0 aromatic heterocycles. The molecule has 1 aliphatic rings. The molecule has 0 saturated carbocycles. The van der Waals surface area contributed by atoms with Crippen molar-refractivity contribution in [1.29, 1.82) is 0 Å². The summed E-state index contributed by atoms with van der Waals surface area (Å²) >= 11 is 0. The largest absolute Gasteiger partial charge is 0.488 e. The molecule has 1 aliphatic heterocycles. The van der Waals surface area contributed by atoms with Crippen molar-refractivity contribution < 1.29 is 14.3 Å². The summed E-state index contributed by atoms with van der Waals surface area (Å²) in [6, 6.07) is 13.5. The van der Waals surface area contributed by atoms with Crippen LogP contribution in [0, 0.1) is 0 Å². The van der Waals surface area contributed by atoms with E-state index in [0.717, 1.165) is 22.4 Å². The SMILES string of the molecule is COC(=O)c1ccc2c(c1)COc1ccccc1-2. The van der Waals surface area contributed by atoms with Crippen LogP contribution < -0.4 is 4.74 Å². The molecule has 0 spiro atoms. The molecule has 2 aromatic rings. The maximum Gasteiger partial charge on any atom is 0.337 e. The van der Waals surface area contributed by atoms with E-state index in [4.69, 9.17) is 9.47 Å². The molecule has 3 nitrogen and oxygen atoms in total. The number of carbonyl (C=O) groups excluding carboxylic acids is 1. The standard InChI is InChI=1S/C15H12O3/c1-17-15(16)10-6-7-12-11(8-10)9-18-14-5-3-2-4-13(12)14/h2-8H,9H2,1H3. The maximum absolute atomic E-state index is 11.5. The van der Waals surface area contributed by atoms with Crippen molar-refractivity contribution >= 4 is 5.97 Å². The van der Waals surface area contributed by atoms with Crippen molar-refractivity contribution in [1.82, 2.24) is 0 Å². The average molecular weight is 240 g/mol. The third kappa shape index (κ3) is 1.64. The number of benzene rings is 2. The van der Waals surface area contributed by atoms with Gasteiger partial charge in [0.25, 0.3) is 0 Å². The Morgan fingerprint density at radius 3 is 2.83 bits per heavy atom. The topological polar surface area (TPSA) is 35.5 Å². The van der Waals surface area contributed by atoms with E-state index < -0.39 is 0 Å². The second kappa shape index (κ2) is 4.18. The quantitative estimate of drug-likeness (QED) is 0.719. The Morgan fingerprint density at radius 1 is 1.17 bits per heavy atom. The number of hydrogen-bond acceptors (Lipinski definition) is 3. The summed E-state index contributed by atoms with van der Waals surface area (Å²) in [5, 5.41) is 0. The molecule has 0 saturated heterocycles. The molecule has 0 bridgehead atoms. The number of ether oxygens (including phenoxy) is 2. The van der Waals surface area contributed by atoms with Gasteiger partial charge in [0.2, 0.25) is 0 Å². The fourth-order valence-electron chi connectivity index (χ4n) is 2.19. The van der Waals surface area contributed by atoms with Crippen molar-refractivity contribution in [2.24, 2.45) is 0 Å². The van der Waals surface area contributed by atoms with Gasteiger partial charge < -0.3 is 9.47 Å². The molecule has 2 aromatic carbocycles. The highest BCUT2D eigenvalue weighted by atomic mass is 16.5. The van der Waals surface area contributed by atoms with Crippen LogP contribution in [0.1, 0.15) is 15.9 Å². The first-order valence-corrected chi connectivity index (χ1v) is 5.73. The number of para-hydroxylation sites is 1. The van der Waals surface area contributed by atoms with Crippen LogP contribution in [0.4, 0.5) is 0 Å². The normalized spacial score (nSPS) is 12.1. The first kappa shape index (κ1) is 10.8.